The Morgan fingerprint density at radius 1 is 1.10 bits per heavy atom. The standard InChI is InChI=1S/C21H18ClF3N4O/c1-13-10-16(15-4-2-3-5-18(15)27-13)20(30)29-8-6-28(7-9-29)19-17(22)11-14(12-26-19)21(23,24)25/h2-5,10-12H,6-9H2,1H3. The topological polar surface area (TPSA) is 49.3 Å². The van der Waals surface area contributed by atoms with Crippen LogP contribution in [-0.4, -0.2) is 47.0 Å². The van der Waals surface area contributed by atoms with Crippen molar-refractivity contribution in [2.24, 2.45) is 0 Å². The number of hydrogen-bond acceptors (Lipinski definition) is 4. The number of aryl methyl sites for hydroxylation is 1. The molecule has 0 radical (unpaired) electrons. The largest absolute Gasteiger partial charge is 0.417 e. The van der Waals surface area contributed by atoms with Crippen molar-refractivity contribution < 1.29 is 18.0 Å². The van der Waals surface area contributed by atoms with Crippen molar-refractivity contribution in [3.8, 4) is 0 Å². The molecule has 0 atom stereocenters. The number of carbonyl (C=O) groups excluding carboxylic acids is 1. The van der Waals surface area contributed by atoms with E-state index in [-0.39, 0.29) is 10.9 Å². The highest BCUT2D eigenvalue weighted by atomic mass is 35.5. The lowest BCUT2D eigenvalue weighted by Gasteiger charge is -2.36. The van der Waals surface area contributed by atoms with Crippen molar-refractivity contribution >= 4 is 34.2 Å². The zero-order valence-electron chi connectivity index (χ0n) is 16.1. The van der Waals surface area contributed by atoms with Crippen molar-refractivity contribution in [2.75, 3.05) is 31.1 Å². The second-order valence-corrected chi connectivity index (χ2v) is 7.54. The molecule has 0 aliphatic carbocycles. The molecular formula is C21H18ClF3N4O. The van der Waals surface area contributed by atoms with Crippen LogP contribution in [0.2, 0.25) is 5.02 Å². The van der Waals surface area contributed by atoms with Crippen molar-refractivity contribution in [1.29, 1.82) is 0 Å². The van der Waals surface area contributed by atoms with E-state index >= 15 is 0 Å². The summed E-state index contributed by atoms with van der Waals surface area (Å²) in [4.78, 5) is 25.0. The van der Waals surface area contributed by atoms with Gasteiger partial charge in [0.25, 0.3) is 5.91 Å². The van der Waals surface area contributed by atoms with E-state index in [1.54, 1.807) is 15.9 Å². The molecule has 0 saturated carbocycles. The molecule has 4 rings (SSSR count). The van der Waals surface area contributed by atoms with Crippen LogP contribution < -0.4 is 4.90 Å². The summed E-state index contributed by atoms with van der Waals surface area (Å²) in [5.74, 6) is 0.199. The van der Waals surface area contributed by atoms with Gasteiger partial charge in [0.15, 0.2) is 0 Å². The van der Waals surface area contributed by atoms with Crippen LogP contribution in [0.25, 0.3) is 10.9 Å². The van der Waals surface area contributed by atoms with E-state index in [0.717, 1.165) is 28.9 Å². The van der Waals surface area contributed by atoms with Crippen LogP contribution in [0.3, 0.4) is 0 Å². The predicted octanol–water partition coefficient (Wildman–Crippen LogP) is 4.57. The maximum Gasteiger partial charge on any atom is 0.417 e. The summed E-state index contributed by atoms with van der Waals surface area (Å²) in [5, 5.41) is 0.739. The van der Waals surface area contributed by atoms with Gasteiger partial charge in [0.05, 0.1) is 21.7 Å². The SMILES string of the molecule is Cc1cc(C(=O)N2CCN(c3ncc(C(F)(F)F)cc3Cl)CC2)c2ccccc2n1. The predicted molar refractivity (Wildman–Crippen MR) is 109 cm³/mol. The molecule has 1 amide bonds. The van der Waals surface area contributed by atoms with Crippen LogP contribution in [0.1, 0.15) is 21.6 Å². The zero-order valence-corrected chi connectivity index (χ0v) is 16.8. The number of amides is 1. The Labute approximate surface area is 176 Å². The van der Waals surface area contributed by atoms with E-state index in [2.05, 4.69) is 9.97 Å². The Bertz CT molecular complexity index is 1110. The second-order valence-electron chi connectivity index (χ2n) is 7.13. The number of para-hydroxylation sites is 1. The molecule has 0 unspecified atom stereocenters. The van der Waals surface area contributed by atoms with E-state index in [1.165, 1.54) is 0 Å². The molecule has 0 spiro atoms. The van der Waals surface area contributed by atoms with Gasteiger partial charge in [-0.05, 0) is 25.1 Å². The lowest BCUT2D eigenvalue weighted by atomic mass is 10.1. The molecular weight excluding hydrogens is 417 g/mol. The molecule has 3 aromatic rings. The average Bonchev–Trinajstić information content (AvgIpc) is 2.72. The molecule has 156 valence electrons. The number of rotatable bonds is 2. The molecule has 0 bridgehead atoms. The number of halogens is 4. The van der Waals surface area contributed by atoms with Gasteiger partial charge in [-0.3, -0.25) is 9.78 Å². The molecule has 1 fully saturated rings. The van der Waals surface area contributed by atoms with Gasteiger partial charge < -0.3 is 9.80 Å². The Morgan fingerprint density at radius 2 is 1.80 bits per heavy atom. The van der Waals surface area contributed by atoms with Crippen LogP contribution in [0, 0.1) is 6.92 Å². The van der Waals surface area contributed by atoms with Gasteiger partial charge in [-0.1, -0.05) is 29.8 Å². The molecule has 0 N–H and O–H groups in total. The summed E-state index contributed by atoms with van der Waals surface area (Å²) in [6.45, 7) is 3.51. The summed E-state index contributed by atoms with van der Waals surface area (Å²) in [7, 11) is 0. The van der Waals surface area contributed by atoms with E-state index in [4.69, 9.17) is 11.6 Å². The lowest BCUT2D eigenvalue weighted by Crippen LogP contribution is -2.49. The lowest BCUT2D eigenvalue weighted by molar-refractivity contribution is -0.137. The van der Waals surface area contributed by atoms with E-state index in [9.17, 15) is 18.0 Å². The van der Waals surface area contributed by atoms with Gasteiger partial charge in [-0.25, -0.2) is 4.98 Å². The Balaban J connectivity index is 1.51. The van der Waals surface area contributed by atoms with Crippen molar-refractivity contribution in [3.63, 3.8) is 0 Å². The van der Waals surface area contributed by atoms with Gasteiger partial charge in [0.1, 0.15) is 5.82 Å². The highest BCUT2D eigenvalue weighted by molar-refractivity contribution is 6.33. The number of carbonyl (C=O) groups is 1. The van der Waals surface area contributed by atoms with Crippen LogP contribution in [0.5, 0.6) is 0 Å². The third kappa shape index (κ3) is 3.92. The Hall–Kier alpha value is -2.87. The number of benzene rings is 1. The third-order valence-corrected chi connectivity index (χ3v) is 5.37. The first-order valence-corrected chi connectivity index (χ1v) is 9.75. The number of piperazine rings is 1. The monoisotopic (exact) mass is 434 g/mol. The molecule has 1 saturated heterocycles. The highest BCUT2D eigenvalue weighted by Gasteiger charge is 2.32. The number of fused-ring (bicyclic) bond motifs is 1. The first kappa shape index (κ1) is 20.4. The quantitative estimate of drug-likeness (QED) is 0.592. The van der Waals surface area contributed by atoms with Gasteiger partial charge in [-0.2, -0.15) is 13.2 Å². The number of alkyl halides is 3. The van der Waals surface area contributed by atoms with Crippen LogP contribution >= 0.6 is 11.6 Å². The number of aromatic nitrogens is 2. The third-order valence-electron chi connectivity index (χ3n) is 5.09. The van der Waals surface area contributed by atoms with Gasteiger partial charge in [0.2, 0.25) is 0 Å². The minimum Gasteiger partial charge on any atom is -0.352 e. The minimum absolute atomic E-state index is 0.0552. The summed E-state index contributed by atoms with van der Waals surface area (Å²) in [6.07, 6.45) is -3.71. The summed E-state index contributed by atoms with van der Waals surface area (Å²) < 4.78 is 38.5. The normalized spacial score (nSPS) is 15.0. The second kappa shape index (κ2) is 7.75. The van der Waals surface area contributed by atoms with Gasteiger partial charge in [-0.15, -0.1) is 0 Å². The first-order valence-electron chi connectivity index (χ1n) is 9.37. The Kier molecular flexibility index (Phi) is 5.27. The fraction of sp³-hybridized carbons (Fsp3) is 0.286. The van der Waals surface area contributed by atoms with Gasteiger partial charge in [0, 0.05) is 43.5 Å². The fourth-order valence-corrected chi connectivity index (χ4v) is 3.88. The summed E-state index contributed by atoms with van der Waals surface area (Å²) in [5.41, 5.74) is 1.24. The molecule has 30 heavy (non-hydrogen) atoms. The number of anilines is 1. The van der Waals surface area contributed by atoms with Crippen LogP contribution in [0.4, 0.5) is 19.0 Å². The number of pyridine rings is 2. The highest BCUT2D eigenvalue weighted by Crippen LogP contribution is 2.34. The molecule has 3 heterocycles. The average molecular weight is 435 g/mol. The molecule has 1 aliphatic heterocycles. The number of nitrogens with zero attached hydrogens (tertiary/aromatic N) is 4. The van der Waals surface area contributed by atoms with Crippen LogP contribution in [-0.2, 0) is 6.18 Å². The van der Waals surface area contributed by atoms with Gasteiger partial charge >= 0.3 is 6.18 Å². The van der Waals surface area contributed by atoms with Crippen LogP contribution in [0.15, 0.2) is 42.6 Å². The molecule has 1 aliphatic rings. The molecule has 5 nitrogen and oxygen atoms in total. The van der Waals surface area contributed by atoms with Crippen molar-refractivity contribution in [3.05, 3.63) is 64.4 Å². The van der Waals surface area contributed by atoms with E-state index in [0.29, 0.717) is 37.6 Å². The van der Waals surface area contributed by atoms with E-state index < -0.39 is 11.7 Å². The maximum atomic E-state index is 13.1. The first-order chi connectivity index (χ1) is 14.2. The smallest absolute Gasteiger partial charge is 0.352 e. The minimum atomic E-state index is -4.49. The van der Waals surface area contributed by atoms with Crippen molar-refractivity contribution in [2.45, 2.75) is 13.1 Å². The maximum absolute atomic E-state index is 13.1. The Morgan fingerprint density at radius 3 is 2.47 bits per heavy atom. The van der Waals surface area contributed by atoms with Crippen molar-refractivity contribution in [1.82, 2.24) is 14.9 Å². The molecule has 1 aromatic carbocycles. The summed E-state index contributed by atoms with van der Waals surface area (Å²) >= 11 is 6.05. The fourth-order valence-electron chi connectivity index (χ4n) is 3.59. The van der Waals surface area contributed by atoms with E-state index in [1.807, 2.05) is 31.2 Å². The molecule has 9 heteroatoms. The summed E-state index contributed by atoms with van der Waals surface area (Å²) in [6, 6.07) is 10.2. The molecule has 2 aromatic heterocycles. The zero-order chi connectivity index (χ0) is 21.5. The number of hydrogen-bond donors (Lipinski definition) is 0.